The third-order valence-electron chi connectivity index (χ3n) is 6.06. The van der Waals surface area contributed by atoms with Crippen molar-refractivity contribution < 1.29 is 46.2 Å². The monoisotopic (exact) mass is 765 g/mol. The van der Waals surface area contributed by atoms with Crippen LogP contribution in [0.25, 0.3) is 0 Å². The van der Waals surface area contributed by atoms with Crippen molar-refractivity contribution in [1.82, 2.24) is 9.55 Å². The summed E-state index contributed by atoms with van der Waals surface area (Å²) in [6.07, 6.45) is -7.83. The van der Waals surface area contributed by atoms with Crippen LogP contribution in [0.1, 0.15) is 57.7 Å². The Bertz CT molecular complexity index is 1890. The Balaban J connectivity index is 2.16. The molecule has 3 rings (SSSR count). The maximum atomic E-state index is 13.4. The average molecular weight is 767 g/mol. The Kier molecular flexibility index (Phi) is 11.8. The van der Waals surface area contributed by atoms with E-state index < -0.39 is 76.5 Å². The first kappa shape index (κ1) is 39.2. The Labute approximate surface area is 292 Å². The van der Waals surface area contributed by atoms with E-state index in [1.54, 1.807) is 5.32 Å². The molecule has 0 saturated carbocycles. The summed E-state index contributed by atoms with van der Waals surface area (Å²) in [6.45, 7) is 8.62. The molecule has 1 aromatic carbocycles. The lowest BCUT2D eigenvalue weighted by molar-refractivity contribution is -0.167. The molecule has 3 aromatic rings. The molecule has 0 aliphatic rings. The number of carbonyl (C=O) groups excluding carboxylic acids is 4. The van der Waals surface area contributed by atoms with E-state index >= 15 is 0 Å². The molecular formula is C33H32BrF4N5O7. The first-order valence-corrected chi connectivity index (χ1v) is 15.3. The summed E-state index contributed by atoms with van der Waals surface area (Å²) in [5.41, 5.74) is -3.90. The molecule has 12 nitrogen and oxygen atoms in total. The maximum Gasteiger partial charge on any atom is 0.471 e. The molecule has 4 amide bonds. The fraction of sp³-hybridized carbons (Fsp3) is 0.333. The number of aromatic nitrogens is 2. The van der Waals surface area contributed by atoms with Crippen LogP contribution < -0.4 is 20.7 Å². The second-order valence-corrected chi connectivity index (χ2v) is 13.3. The summed E-state index contributed by atoms with van der Waals surface area (Å²) in [4.78, 5) is 70.3. The molecule has 2 heterocycles. The Hall–Kier alpha value is -5.24. The fourth-order valence-electron chi connectivity index (χ4n) is 3.91. The number of rotatable bonds is 5. The molecule has 17 heteroatoms. The van der Waals surface area contributed by atoms with E-state index in [0.717, 1.165) is 33.7 Å². The number of hydrogen-bond acceptors (Lipinski definition) is 8. The van der Waals surface area contributed by atoms with Crippen molar-refractivity contribution >= 4 is 57.1 Å². The fourth-order valence-corrected chi connectivity index (χ4v) is 4.40. The third-order valence-corrected chi connectivity index (χ3v) is 6.64. The van der Waals surface area contributed by atoms with Crippen LogP contribution in [0, 0.1) is 17.7 Å². The topological polar surface area (TPSA) is 140 Å². The van der Waals surface area contributed by atoms with Gasteiger partial charge in [0.1, 0.15) is 28.4 Å². The highest BCUT2D eigenvalue weighted by Gasteiger charge is 2.40. The van der Waals surface area contributed by atoms with E-state index in [9.17, 15) is 41.5 Å². The highest BCUT2D eigenvalue weighted by Crippen LogP contribution is 2.32. The Morgan fingerprint density at radius 1 is 0.940 bits per heavy atom. The zero-order valence-corrected chi connectivity index (χ0v) is 29.4. The number of imide groups is 1. The highest BCUT2D eigenvalue weighted by atomic mass is 79.9. The molecule has 0 radical (unpaired) electrons. The van der Waals surface area contributed by atoms with Crippen molar-refractivity contribution in [2.24, 2.45) is 0 Å². The lowest BCUT2D eigenvalue weighted by atomic mass is 10.2. The van der Waals surface area contributed by atoms with Crippen molar-refractivity contribution in [3.05, 3.63) is 80.6 Å². The van der Waals surface area contributed by atoms with Crippen molar-refractivity contribution in [3.63, 3.8) is 0 Å². The van der Waals surface area contributed by atoms with Gasteiger partial charge in [0.25, 0.3) is 11.5 Å². The van der Waals surface area contributed by atoms with Gasteiger partial charge in [-0.05, 0) is 99.8 Å². The zero-order chi connectivity index (χ0) is 37.8. The van der Waals surface area contributed by atoms with Crippen LogP contribution >= 0.6 is 15.9 Å². The van der Waals surface area contributed by atoms with Crippen molar-refractivity contribution in [3.8, 4) is 11.8 Å². The molecule has 0 saturated heterocycles. The maximum absolute atomic E-state index is 13.4. The number of ether oxygens (including phenoxy) is 2. The Morgan fingerprint density at radius 3 is 2.02 bits per heavy atom. The SMILES string of the molecule is CN(C(=O)c1cccc(=O)n1CC#Cc1nc(N(C(=O)OC(C)(C)C)C(=O)OC(C)(C)C)c(Br)cc1NC(=O)C(F)(F)F)c1ccc(F)cc1. The molecule has 2 aromatic heterocycles. The predicted molar refractivity (Wildman–Crippen MR) is 178 cm³/mol. The van der Waals surface area contributed by atoms with E-state index in [1.807, 2.05) is 0 Å². The van der Waals surface area contributed by atoms with Crippen molar-refractivity contribution in [2.45, 2.75) is 65.5 Å². The number of pyridine rings is 2. The minimum atomic E-state index is -5.32. The van der Waals surface area contributed by atoms with Gasteiger partial charge in [-0.3, -0.25) is 19.0 Å². The van der Waals surface area contributed by atoms with Gasteiger partial charge in [0.2, 0.25) is 0 Å². The third kappa shape index (κ3) is 10.4. The molecule has 0 aliphatic heterocycles. The largest absolute Gasteiger partial charge is 0.471 e. The van der Waals surface area contributed by atoms with Crippen LogP contribution in [-0.4, -0.2) is 58.0 Å². The van der Waals surface area contributed by atoms with Gasteiger partial charge < -0.3 is 19.7 Å². The van der Waals surface area contributed by atoms with E-state index in [1.165, 1.54) is 72.9 Å². The van der Waals surface area contributed by atoms with Gasteiger partial charge in [0.15, 0.2) is 5.82 Å². The van der Waals surface area contributed by atoms with Gasteiger partial charge in [-0.25, -0.2) is 19.0 Å². The zero-order valence-electron chi connectivity index (χ0n) is 27.9. The number of alkyl halides is 3. The van der Waals surface area contributed by atoms with Gasteiger partial charge >= 0.3 is 24.3 Å². The first-order chi connectivity index (χ1) is 23.0. The number of hydrogen-bond donors (Lipinski definition) is 1. The summed E-state index contributed by atoms with van der Waals surface area (Å²) in [7, 11) is 1.40. The predicted octanol–water partition coefficient (Wildman–Crippen LogP) is 6.65. The average Bonchev–Trinajstić information content (AvgIpc) is 2.97. The summed E-state index contributed by atoms with van der Waals surface area (Å²) >= 11 is 3.09. The number of benzene rings is 1. The molecule has 0 spiro atoms. The lowest BCUT2D eigenvalue weighted by Gasteiger charge is -2.28. The summed E-state index contributed by atoms with van der Waals surface area (Å²) in [6, 6.07) is 9.71. The first-order valence-electron chi connectivity index (χ1n) is 14.6. The minimum absolute atomic E-state index is 0.144. The lowest BCUT2D eigenvalue weighted by Crippen LogP contribution is -2.44. The standard InChI is InChI=1S/C33H32BrF4N5O7/c1-31(2,3)49-29(47)43(30(48)50-32(4,5)6)26-21(34)18-23(40-28(46)33(36,37)38)22(39-26)10-9-17-42-24(11-8-12-25(42)44)27(45)41(7)20-15-13-19(35)14-16-20/h8,11-16,18H,17H2,1-7H3,(H,40,46). The molecule has 0 unspecified atom stereocenters. The molecule has 266 valence electrons. The van der Waals surface area contributed by atoms with Gasteiger partial charge in [-0.2, -0.15) is 18.1 Å². The van der Waals surface area contributed by atoms with Gasteiger partial charge in [0, 0.05) is 18.8 Å². The van der Waals surface area contributed by atoms with Crippen LogP contribution in [-0.2, 0) is 20.8 Å². The van der Waals surface area contributed by atoms with E-state index in [-0.39, 0.29) is 10.2 Å². The van der Waals surface area contributed by atoms with Gasteiger partial charge in [-0.1, -0.05) is 12.0 Å². The molecule has 0 fully saturated rings. The molecule has 0 aliphatic carbocycles. The molecule has 1 N–H and O–H groups in total. The summed E-state index contributed by atoms with van der Waals surface area (Å²) in [5.74, 6) is 0.894. The summed E-state index contributed by atoms with van der Waals surface area (Å²) < 4.78 is 64.6. The van der Waals surface area contributed by atoms with Crippen LogP contribution in [0.2, 0.25) is 0 Å². The van der Waals surface area contributed by atoms with E-state index in [4.69, 9.17) is 9.47 Å². The van der Waals surface area contributed by atoms with E-state index in [0.29, 0.717) is 10.6 Å². The highest BCUT2D eigenvalue weighted by molar-refractivity contribution is 9.10. The van der Waals surface area contributed by atoms with Crippen LogP contribution in [0.5, 0.6) is 0 Å². The van der Waals surface area contributed by atoms with Crippen molar-refractivity contribution in [1.29, 1.82) is 0 Å². The second-order valence-electron chi connectivity index (χ2n) is 12.4. The number of halogens is 5. The van der Waals surface area contributed by atoms with Crippen LogP contribution in [0.3, 0.4) is 0 Å². The van der Waals surface area contributed by atoms with Crippen LogP contribution in [0.15, 0.2) is 57.8 Å². The number of nitrogens with one attached hydrogen (secondary N) is 1. The van der Waals surface area contributed by atoms with E-state index in [2.05, 4.69) is 32.8 Å². The number of amides is 4. The minimum Gasteiger partial charge on any atom is -0.443 e. The molecular weight excluding hydrogens is 734 g/mol. The van der Waals surface area contributed by atoms with Crippen molar-refractivity contribution in [2.75, 3.05) is 22.2 Å². The Morgan fingerprint density at radius 2 is 1.50 bits per heavy atom. The second kappa shape index (κ2) is 15.1. The van der Waals surface area contributed by atoms with Gasteiger partial charge in [0.05, 0.1) is 16.7 Å². The quantitative estimate of drug-likeness (QED) is 0.225. The molecule has 50 heavy (non-hydrogen) atoms. The normalized spacial score (nSPS) is 11.5. The number of nitrogens with zero attached hydrogens (tertiary/aromatic N) is 4. The summed E-state index contributed by atoms with van der Waals surface area (Å²) in [5, 5.41) is 1.65. The number of carbonyl (C=O) groups is 4. The van der Waals surface area contributed by atoms with Crippen LogP contribution in [0.4, 0.5) is 44.3 Å². The smallest absolute Gasteiger partial charge is 0.443 e. The molecule has 0 bridgehead atoms. The number of anilines is 3. The van der Waals surface area contributed by atoms with Gasteiger partial charge in [-0.15, -0.1) is 0 Å². The molecule has 0 atom stereocenters.